The maximum absolute atomic E-state index is 14.0. The number of halogens is 2. The van der Waals surface area contributed by atoms with Crippen molar-refractivity contribution in [3.8, 4) is 0 Å². The largest absolute Gasteiger partial charge is 0.355 e. The van der Waals surface area contributed by atoms with Crippen molar-refractivity contribution >= 4 is 34.6 Å². The number of carbonyl (C=O) groups is 1. The molecular formula is C20H19ClFN5O. The van der Waals surface area contributed by atoms with E-state index in [1.54, 1.807) is 19.3 Å². The molecule has 0 radical (unpaired) electrons. The molecule has 2 N–H and O–H groups in total. The summed E-state index contributed by atoms with van der Waals surface area (Å²) >= 11 is 5.82. The number of pyridine rings is 1. The van der Waals surface area contributed by atoms with Crippen molar-refractivity contribution < 1.29 is 9.18 Å². The highest BCUT2D eigenvalue weighted by atomic mass is 35.5. The van der Waals surface area contributed by atoms with Gasteiger partial charge >= 0.3 is 0 Å². The topological polar surface area (TPSA) is 79.8 Å². The first-order valence-electron chi connectivity index (χ1n) is 8.65. The molecule has 1 aliphatic rings. The second-order valence-electron chi connectivity index (χ2n) is 6.21. The molecular weight excluding hydrogens is 381 g/mol. The Morgan fingerprint density at radius 3 is 2.79 bits per heavy atom. The van der Waals surface area contributed by atoms with Crippen molar-refractivity contribution in [2.75, 3.05) is 12.4 Å². The lowest BCUT2D eigenvalue weighted by molar-refractivity contribution is 0.0963. The van der Waals surface area contributed by atoms with E-state index in [2.05, 4.69) is 38.7 Å². The predicted octanol–water partition coefficient (Wildman–Crippen LogP) is 4.08. The third kappa shape index (κ3) is 4.09. The first-order chi connectivity index (χ1) is 13.4. The zero-order chi connectivity index (χ0) is 20.3. The summed E-state index contributed by atoms with van der Waals surface area (Å²) in [6.07, 6.45) is 6.84. The van der Waals surface area contributed by atoms with Gasteiger partial charge in [-0.15, -0.1) is 0 Å². The standard InChI is InChI=1S/C20H19ClFN5O/c1-11(21)9-14(12(2)22)19-25-16-6-4-5-13(16)18(27-19)26-17-7-8-24-10-15(17)20(28)23-3/h7-10H,1-2,4-6H2,3H3,(H,23,28)(H,24,25,26,27)/b14-9+. The molecule has 0 aliphatic heterocycles. The van der Waals surface area contributed by atoms with Crippen LogP contribution in [0.25, 0.3) is 5.57 Å². The van der Waals surface area contributed by atoms with Gasteiger partial charge in [0.15, 0.2) is 5.82 Å². The Kier molecular flexibility index (Phi) is 5.84. The van der Waals surface area contributed by atoms with E-state index in [9.17, 15) is 9.18 Å². The molecule has 2 heterocycles. The lowest BCUT2D eigenvalue weighted by Gasteiger charge is -2.15. The average molecular weight is 400 g/mol. The van der Waals surface area contributed by atoms with E-state index in [0.717, 1.165) is 30.5 Å². The van der Waals surface area contributed by atoms with Crippen molar-refractivity contribution in [2.24, 2.45) is 0 Å². The summed E-state index contributed by atoms with van der Waals surface area (Å²) in [5.41, 5.74) is 2.75. The predicted molar refractivity (Wildman–Crippen MR) is 108 cm³/mol. The molecule has 8 heteroatoms. The second-order valence-corrected chi connectivity index (χ2v) is 6.70. The summed E-state index contributed by atoms with van der Waals surface area (Å²) in [7, 11) is 1.54. The summed E-state index contributed by atoms with van der Waals surface area (Å²) in [5.74, 6) is -0.312. The maximum atomic E-state index is 14.0. The number of amides is 1. The summed E-state index contributed by atoms with van der Waals surface area (Å²) in [6, 6.07) is 1.68. The number of anilines is 2. The zero-order valence-electron chi connectivity index (χ0n) is 15.4. The lowest BCUT2D eigenvalue weighted by Crippen LogP contribution is -2.19. The SMILES string of the molecule is C=C(Cl)/C=C(\C(=C)F)c1nc2c(c(Nc3ccncc3C(=O)NC)n1)CCC2. The van der Waals surface area contributed by atoms with Crippen LogP contribution in [0, 0.1) is 0 Å². The number of hydrogen-bond acceptors (Lipinski definition) is 5. The Morgan fingerprint density at radius 1 is 1.32 bits per heavy atom. The third-order valence-electron chi connectivity index (χ3n) is 4.31. The van der Waals surface area contributed by atoms with Crippen LogP contribution in [-0.4, -0.2) is 27.9 Å². The summed E-state index contributed by atoms with van der Waals surface area (Å²) in [5, 5.41) is 5.91. The fraction of sp³-hybridized carbons (Fsp3) is 0.200. The molecule has 1 amide bonds. The van der Waals surface area contributed by atoms with Crippen LogP contribution in [0.15, 0.2) is 48.6 Å². The monoisotopic (exact) mass is 399 g/mol. The molecule has 1 aliphatic carbocycles. The van der Waals surface area contributed by atoms with Gasteiger partial charge in [-0.25, -0.2) is 14.4 Å². The van der Waals surface area contributed by atoms with Crippen molar-refractivity contribution in [1.29, 1.82) is 0 Å². The van der Waals surface area contributed by atoms with Crippen LogP contribution < -0.4 is 10.6 Å². The molecule has 0 spiro atoms. The Bertz CT molecular complexity index is 1000. The molecule has 144 valence electrons. The van der Waals surface area contributed by atoms with E-state index in [0.29, 0.717) is 17.1 Å². The maximum Gasteiger partial charge on any atom is 0.254 e. The Labute approximate surface area is 167 Å². The van der Waals surface area contributed by atoms with E-state index in [1.807, 2.05) is 0 Å². The van der Waals surface area contributed by atoms with Crippen molar-refractivity contribution in [3.63, 3.8) is 0 Å². The van der Waals surface area contributed by atoms with E-state index in [-0.39, 0.29) is 22.3 Å². The molecule has 0 fully saturated rings. The highest BCUT2D eigenvalue weighted by Gasteiger charge is 2.23. The molecule has 0 unspecified atom stereocenters. The number of aromatic nitrogens is 3. The van der Waals surface area contributed by atoms with Gasteiger partial charge in [-0.3, -0.25) is 9.78 Å². The summed E-state index contributed by atoms with van der Waals surface area (Å²) in [4.78, 5) is 25.1. The van der Waals surface area contributed by atoms with Crippen molar-refractivity contribution in [3.05, 3.63) is 71.2 Å². The zero-order valence-corrected chi connectivity index (χ0v) is 16.1. The fourth-order valence-electron chi connectivity index (χ4n) is 3.02. The third-order valence-corrected chi connectivity index (χ3v) is 4.42. The van der Waals surface area contributed by atoms with Gasteiger partial charge in [-0.2, -0.15) is 0 Å². The number of carbonyl (C=O) groups excluding carboxylic acids is 1. The van der Waals surface area contributed by atoms with Crippen LogP contribution in [-0.2, 0) is 12.8 Å². The van der Waals surface area contributed by atoms with Gasteiger partial charge in [0.2, 0.25) is 0 Å². The molecule has 6 nitrogen and oxygen atoms in total. The van der Waals surface area contributed by atoms with Gasteiger partial charge in [0.25, 0.3) is 5.91 Å². The minimum absolute atomic E-state index is 0.0685. The minimum atomic E-state index is -0.708. The Hall–Kier alpha value is -3.06. The average Bonchev–Trinajstić information content (AvgIpc) is 3.14. The van der Waals surface area contributed by atoms with Crippen LogP contribution in [0.5, 0.6) is 0 Å². The number of aryl methyl sites for hydroxylation is 1. The van der Waals surface area contributed by atoms with Gasteiger partial charge in [-0.05, 0) is 31.4 Å². The van der Waals surface area contributed by atoms with Crippen LogP contribution >= 0.6 is 11.6 Å². The van der Waals surface area contributed by atoms with Gasteiger partial charge in [0.1, 0.15) is 11.6 Å². The van der Waals surface area contributed by atoms with E-state index in [4.69, 9.17) is 11.6 Å². The smallest absolute Gasteiger partial charge is 0.254 e. The van der Waals surface area contributed by atoms with Crippen molar-refractivity contribution in [2.45, 2.75) is 19.3 Å². The van der Waals surface area contributed by atoms with Crippen molar-refractivity contribution in [1.82, 2.24) is 20.3 Å². The van der Waals surface area contributed by atoms with Gasteiger partial charge in [0, 0.05) is 35.7 Å². The number of fused-ring (bicyclic) bond motifs is 1. The fourth-order valence-corrected chi connectivity index (χ4v) is 3.13. The quantitative estimate of drug-likeness (QED) is 0.715. The molecule has 0 bridgehead atoms. The number of hydrogen-bond donors (Lipinski definition) is 2. The minimum Gasteiger partial charge on any atom is -0.355 e. The first-order valence-corrected chi connectivity index (χ1v) is 9.02. The molecule has 0 saturated carbocycles. The first kappa shape index (κ1) is 19.7. The lowest BCUT2D eigenvalue weighted by atomic mass is 10.1. The molecule has 2 aromatic heterocycles. The molecule has 0 saturated heterocycles. The molecule has 3 rings (SSSR count). The van der Waals surface area contributed by atoms with Crippen LogP contribution in [0.4, 0.5) is 15.9 Å². The molecule has 28 heavy (non-hydrogen) atoms. The molecule has 2 aromatic rings. The Morgan fingerprint density at radius 2 is 2.11 bits per heavy atom. The number of nitrogens with zero attached hydrogens (tertiary/aromatic N) is 3. The molecule has 0 aromatic carbocycles. The number of nitrogens with one attached hydrogen (secondary N) is 2. The highest BCUT2D eigenvalue weighted by molar-refractivity contribution is 6.31. The van der Waals surface area contributed by atoms with Crippen LogP contribution in [0.3, 0.4) is 0 Å². The van der Waals surface area contributed by atoms with E-state index in [1.165, 1.54) is 12.3 Å². The van der Waals surface area contributed by atoms with Crippen LogP contribution in [0.1, 0.15) is 33.9 Å². The number of allylic oxidation sites excluding steroid dienone is 4. The van der Waals surface area contributed by atoms with Gasteiger partial charge < -0.3 is 10.6 Å². The second kappa shape index (κ2) is 8.31. The summed E-state index contributed by atoms with van der Waals surface area (Å²) in [6.45, 7) is 6.91. The normalized spacial score (nSPS) is 13.0. The van der Waals surface area contributed by atoms with Crippen LogP contribution in [0.2, 0.25) is 0 Å². The number of rotatable bonds is 6. The highest BCUT2D eigenvalue weighted by Crippen LogP contribution is 2.32. The van der Waals surface area contributed by atoms with E-state index < -0.39 is 5.83 Å². The molecule has 0 atom stereocenters. The van der Waals surface area contributed by atoms with Gasteiger partial charge in [0.05, 0.1) is 16.8 Å². The van der Waals surface area contributed by atoms with E-state index >= 15 is 0 Å². The summed E-state index contributed by atoms with van der Waals surface area (Å²) < 4.78 is 14.0. The van der Waals surface area contributed by atoms with Gasteiger partial charge in [-0.1, -0.05) is 24.8 Å². The Balaban J connectivity index is 2.10.